The molecule has 0 spiro atoms. The number of amides is 2. The van der Waals surface area contributed by atoms with Crippen molar-refractivity contribution in [1.82, 2.24) is 5.01 Å². The van der Waals surface area contributed by atoms with Crippen LogP contribution in [0.3, 0.4) is 0 Å². The van der Waals surface area contributed by atoms with Gasteiger partial charge in [-0.1, -0.05) is 53.5 Å². The van der Waals surface area contributed by atoms with E-state index in [1.165, 1.54) is 5.01 Å². The summed E-state index contributed by atoms with van der Waals surface area (Å²) < 4.78 is 0. The molecule has 0 saturated heterocycles. The second kappa shape index (κ2) is 6.07. The van der Waals surface area contributed by atoms with Gasteiger partial charge in [0, 0.05) is 12.1 Å². The molecule has 0 atom stereocenters. The van der Waals surface area contributed by atoms with E-state index in [1.807, 2.05) is 18.2 Å². The van der Waals surface area contributed by atoms with E-state index in [-0.39, 0.29) is 10.6 Å². The number of anilines is 1. The number of carbonyl (C=O) groups excluding carboxylic acids is 2. The summed E-state index contributed by atoms with van der Waals surface area (Å²) >= 11 is 12.0. The molecule has 1 heterocycles. The van der Waals surface area contributed by atoms with E-state index in [0.717, 1.165) is 5.01 Å². The Morgan fingerprint density at radius 2 is 1.48 bits per heavy atom. The molecule has 0 unspecified atom stereocenters. The van der Waals surface area contributed by atoms with Gasteiger partial charge in [0.25, 0.3) is 11.8 Å². The van der Waals surface area contributed by atoms with Crippen LogP contribution < -0.4 is 5.01 Å². The fraction of sp³-hybridized carbons (Fsp3) is 0.0588. The number of hydrogen-bond donors (Lipinski definition) is 0. The zero-order chi connectivity index (χ0) is 16.6. The van der Waals surface area contributed by atoms with Crippen LogP contribution in [-0.4, -0.2) is 23.9 Å². The van der Waals surface area contributed by atoms with E-state index in [1.54, 1.807) is 43.4 Å². The van der Waals surface area contributed by atoms with E-state index in [2.05, 4.69) is 0 Å². The Labute approximate surface area is 143 Å². The number of rotatable bonds is 3. The van der Waals surface area contributed by atoms with Crippen LogP contribution in [0.4, 0.5) is 5.69 Å². The Morgan fingerprint density at radius 3 is 2.09 bits per heavy atom. The van der Waals surface area contributed by atoms with Crippen molar-refractivity contribution >= 4 is 46.3 Å². The van der Waals surface area contributed by atoms with Gasteiger partial charge in [-0.05, 0) is 29.8 Å². The SMILES string of the molecule is CN(c1ccccc1)N1C(=O)C(Cl)=C(c2ccc(Cl)cc2)C1=O. The van der Waals surface area contributed by atoms with Crippen molar-refractivity contribution in [3.63, 3.8) is 0 Å². The fourth-order valence-corrected chi connectivity index (χ4v) is 2.79. The minimum absolute atomic E-state index is 0.0971. The molecule has 0 saturated carbocycles. The molecule has 0 radical (unpaired) electrons. The highest BCUT2D eigenvalue weighted by Crippen LogP contribution is 2.34. The van der Waals surface area contributed by atoms with E-state index in [0.29, 0.717) is 16.3 Å². The smallest absolute Gasteiger partial charge is 0.278 e. The van der Waals surface area contributed by atoms with Crippen LogP contribution in [-0.2, 0) is 9.59 Å². The predicted molar refractivity (Wildman–Crippen MR) is 90.9 cm³/mol. The molecule has 0 N–H and O–H groups in total. The Balaban J connectivity index is 1.98. The topological polar surface area (TPSA) is 40.6 Å². The van der Waals surface area contributed by atoms with Crippen molar-refractivity contribution in [2.24, 2.45) is 0 Å². The highest BCUT2D eigenvalue weighted by atomic mass is 35.5. The normalized spacial score (nSPS) is 14.7. The highest BCUT2D eigenvalue weighted by molar-refractivity contribution is 6.55. The summed E-state index contributed by atoms with van der Waals surface area (Å²) in [5.74, 6) is -1.01. The van der Waals surface area contributed by atoms with Gasteiger partial charge in [0.1, 0.15) is 5.03 Å². The lowest BCUT2D eigenvalue weighted by atomic mass is 10.1. The summed E-state index contributed by atoms with van der Waals surface area (Å²) in [7, 11) is 1.64. The first-order valence-electron chi connectivity index (χ1n) is 6.84. The number of halogens is 2. The summed E-state index contributed by atoms with van der Waals surface area (Å²) in [6.45, 7) is 0. The zero-order valence-corrected chi connectivity index (χ0v) is 13.7. The van der Waals surface area contributed by atoms with Crippen molar-refractivity contribution in [1.29, 1.82) is 0 Å². The van der Waals surface area contributed by atoms with E-state index >= 15 is 0 Å². The minimum Gasteiger partial charge on any atom is -0.278 e. The zero-order valence-electron chi connectivity index (χ0n) is 12.2. The van der Waals surface area contributed by atoms with E-state index in [9.17, 15) is 9.59 Å². The maximum absolute atomic E-state index is 12.7. The number of imide groups is 1. The molecule has 0 fully saturated rings. The molecule has 1 aliphatic heterocycles. The summed E-state index contributed by atoms with van der Waals surface area (Å²) in [6, 6.07) is 15.7. The Morgan fingerprint density at radius 1 is 0.870 bits per heavy atom. The van der Waals surface area contributed by atoms with Crippen molar-refractivity contribution in [3.05, 3.63) is 70.2 Å². The van der Waals surface area contributed by atoms with Gasteiger partial charge in [0.15, 0.2) is 0 Å². The lowest BCUT2D eigenvalue weighted by Gasteiger charge is -2.28. The largest absolute Gasteiger partial charge is 0.292 e. The molecule has 116 valence electrons. The van der Waals surface area contributed by atoms with Crippen molar-refractivity contribution in [2.75, 3.05) is 12.1 Å². The van der Waals surface area contributed by atoms with Crippen molar-refractivity contribution < 1.29 is 9.59 Å². The van der Waals surface area contributed by atoms with Gasteiger partial charge >= 0.3 is 0 Å². The number of hydrogen-bond acceptors (Lipinski definition) is 3. The van der Waals surface area contributed by atoms with Crippen molar-refractivity contribution in [2.45, 2.75) is 0 Å². The van der Waals surface area contributed by atoms with Crippen LogP contribution in [0.2, 0.25) is 5.02 Å². The minimum atomic E-state index is -0.548. The molecule has 6 heteroatoms. The van der Waals surface area contributed by atoms with Gasteiger partial charge in [-0.15, -0.1) is 0 Å². The van der Waals surface area contributed by atoms with Crippen LogP contribution in [0.25, 0.3) is 5.57 Å². The van der Waals surface area contributed by atoms with Gasteiger partial charge < -0.3 is 0 Å². The summed E-state index contributed by atoms with van der Waals surface area (Å²) in [5, 5.41) is 2.96. The van der Waals surface area contributed by atoms with Gasteiger partial charge in [-0.25, -0.2) is 0 Å². The molecule has 0 aliphatic carbocycles. The van der Waals surface area contributed by atoms with Gasteiger partial charge in [-0.3, -0.25) is 14.6 Å². The third-order valence-corrected chi connectivity index (χ3v) is 4.17. The molecule has 4 nitrogen and oxygen atoms in total. The summed E-state index contributed by atoms with van der Waals surface area (Å²) in [5.41, 5.74) is 1.44. The lowest BCUT2D eigenvalue weighted by Crippen LogP contribution is -2.45. The number of carbonyl (C=O) groups is 2. The second-order valence-corrected chi connectivity index (χ2v) is 5.79. The number of hydrazine groups is 1. The first kappa shape index (κ1) is 15.6. The average molecular weight is 347 g/mol. The molecular formula is C17H12Cl2N2O2. The fourth-order valence-electron chi connectivity index (χ4n) is 2.39. The second-order valence-electron chi connectivity index (χ2n) is 4.98. The van der Waals surface area contributed by atoms with Crippen LogP contribution in [0.15, 0.2) is 59.6 Å². The van der Waals surface area contributed by atoms with E-state index < -0.39 is 11.8 Å². The molecular weight excluding hydrogens is 335 g/mol. The Kier molecular flexibility index (Phi) is 4.11. The standard InChI is InChI=1S/C17H12Cl2N2O2/c1-20(13-5-3-2-4-6-13)21-16(22)14(15(19)17(21)23)11-7-9-12(18)10-8-11/h2-10H,1H3. The summed E-state index contributed by atoms with van der Waals surface area (Å²) in [4.78, 5) is 25.1. The van der Waals surface area contributed by atoms with Crippen LogP contribution in [0, 0.1) is 0 Å². The first-order valence-corrected chi connectivity index (χ1v) is 7.59. The van der Waals surface area contributed by atoms with Gasteiger partial charge in [-0.2, -0.15) is 5.01 Å². The van der Waals surface area contributed by atoms with Gasteiger partial charge in [0.2, 0.25) is 0 Å². The van der Waals surface area contributed by atoms with E-state index in [4.69, 9.17) is 23.2 Å². The maximum Gasteiger partial charge on any atom is 0.292 e. The molecule has 2 aromatic carbocycles. The first-order chi connectivity index (χ1) is 11.0. The Hall–Kier alpha value is -2.30. The monoisotopic (exact) mass is 346 g/mol. The van der Waals surface area contributed by atoms with Crippen molar-refractivity contribution in [3.8, 4) is 0 Å². The molecule has 23 heavy (non-hydrogen) atoms. The van der Waals surface area contributed by atoms with Crippen LogP contribution in [0.5, 0.6) is 0 Å². The third kappa shape index (κ3) is 2.71. The quantitative estimate of drug-likeness (QED) is 0.795. The summed E-state index contributed by atoms with van der Waals surface area (Å²) in [6.07, 6.45) is 0. The average Bonchev–Trinajstić information content (AvgIpc) is 2.78. The highest BCUT2D eigenvalue weighted by Gasteiger charge is 2.40. The number of nitrogens with zero attached hydrogens (tertiary/aromatic N) is 2. The number of benzene rings is 2. The molecule has 2 amide bonds. The predicted octanol–water partition coefficient (Wildman–Crippen LogP) is 3.71. The van der Waals surface area contributed by atoms with Crippen LogP contribution >= 0.6 is 23.2 Å². The molecule has 0 bridgehead atoms. The van der Waals surface area contributed by atoms with Crippen LogP contribution in [0.1, 0.15) is 5.56 Å². The Bertz CT molecular complexity index is 801. The molecule has 0 aromatic heterocycles. The molecule has 2 aromatic rings. The number of para-hydroxylation sites is 1. The molecule has 1 aliphatic rings. The molecule has 3 rings (SSSR count). The lowest BCUT2D eigenvalue weighted by molar-refractivity contribution is -0.137. The maximum atomic E-state index is 12.7. The third-order valence-electron chi connectivity index (χ3n) is 3.57. The van der Waals surface area contributed by atoms with Gasteiger partial charge in [0.05, 0.1) is 11.3 Å².